The summed E-state index contributed by atoms with van der Waals surface area (Å²) >= 11 is 0. The standard InChI is InChI=1S/C16H25NO3S/c1-20-16-6-3-5-15(13-16)14-7-10-17(11-8-14)9-4-12-21(2,18)19/h3,5-6,13-14H,4,7-12H2,1-2H3. The van der Waals surface area contributed by atoms with Crippen LogP contribution in [0.15, 0.2) is 24.3 Å². The molecule has 0 N–H and O–H groups in total. The lowest BCUT2D eigenvalue weighted by atomic mass is 9.89. The maximum Gasteiger partial charge on any atom is 0.147 e. The summed E-state index contributed by atoms with van der Waals surface area (Å²) in [5, 5.41) is 0. The second kappa shape index (κ2) is 7.27. The first-order chi connectivity index (χ1) is 9.98. The molecule has 0 aromatic heterocycles. The van der Waals surface area contributed by atoms with Gasteiger partial charge in [0, 0.05) is 6.26 Å². The first-order valence-electron chi connectivity index (χ1n) is 7.52. The van der Waals surface area contributed by atoms with Crippen LogP contribution in [0.4, 0.5) is 0 Å². The van der Waals surface area contributed by atoms with Gasteiger partial charge in [-0.25, -0.2) is 8.42 Å². The Morgan fingerprint density at radius 2 is 2.00 bits per heavy atom. The zero-order chi connectivity index (χ0) is 15.3. The molecule has 1 aliphatic heterocycles. The van der Waals surface area contributed by atoms with Crippen molar-refractivity contribution >= 4 is 9.84 Å². The number of ether oxygens (including phenoxy) is 1. The molecule has 1 aliphatic rings. The number of hydrogen-bond acceptors (Lipinski definition) is 4. The van der Waals surface area contributed by atoms with E-state index >= 15 is 0 Å². The van der Waals surface area contributed by atoms with Crippen molar-refractivity contribution in [2.75, 3.05) is 38.8 Å². The van der Waals surface area contributed by atoms with Crippen molar-refractivity contribution in [3.05, 3.63) is 29.8 Å². The summed E-state index contributed by atoms with van der Waals surface area (Å²) < 4.78 is 27.6. The van der Waals surface area contributed by atoms with Gasteiger partial charge in [0.05, 0.1) is 12.9 Å². The van der Waals surface area contributed by atoms with Gasteiger partial charge in [-0.05, 0) is 62.5 Å². The van der Waals surface area contributed by atoms with Crippen molar-refractivity contribution in [1.29, 1.82) is 0 Å². The Kier molecular flexibility index (Phi) is 5.65. The van der Waals surface area contributed by atoms with Crippen LogP contribution in [0.2, 0.25) is 0 Å². The summed E-state index contributed by atoms with van der Waals surface area (Å²) in [7, 11) is -1.13. The molecule has 0 aliphatic carbocycles. The molecule has 0 unspecified atom stereocenters. The number of hydrogen-bond donors (Lipinski definition) is 0. The third-order valence-corrected chi connectivity index (χ3v) is 5.17. The lowest BCUT2D eigenvalue weighted by Gasteiger charge is -2.32. The van der Waals surface area contributed by atoms with Crippen LogP contribution >= 0.6 is 0 Å². The summed E-state index contributed by atoms with van der Waals surface area (Å²) in [6.07, 6.45) is 4.31. The van der Waals surface area contributed by atoms with E-state index < -0.39 is 9.84 Å². The van der Waals surface area contributed by atoms with E-state index in [1.54, 1.807) is 7.11 Å². The molecule has 1 saturated heterocycles. The van der Waals surface area contributed by atoms with Crippen LogP contribution in [-0.4, -0.2) is 52.1 Å². The quantitative estimate of drug-likeness (QED) is 0.809. The highest BCUT2D eigenvalue weighted by molar-refractivity contribution is 7.90. The number of likely N-dealkylation sites (tertiary alicyclic amines) is 1. The zero-order valence-corrected chi connectivity index (χ0v) is 13.7. The van der Waals surface area contributed by atoms with Gasteiger partial charge < -0.3 is 9.64 Å². The SMILES string of the molecule is COc1cccc(C2CCN(CCCS(C)(=O)=O)CC2)c1. The number of sulfone groups is 1. The molecule has 4 nitrogen and oxygen atoms in total. The summed E-state index contributed by atoms with van der Waals surface area (Å²) in [5.41, 5.74) is 1.35. The molecule has 118 valence electrons. The van der Waals surface area contributed by atoms with Crippen molar-refractivity contribution in [3.63, 3.8) is 0 Å². The molecule has 0 spiro atoms. The molecular formula is C16H25NO3S. The van der Waals surface area contributed by atoms with Gasteiger partial charge >= 0.3 is 0 Å². The van der Waals surface area contributed by atoms with Crippen molar-refractivity contribution < 1.29 is 13.2 Å². The summed E-state index contributed by atoms with van der Waals surface area (Å²) in [6.45, 7) is 2.98. The topological polar surface area (TPSA) is 46.6 Å². The van der Waals surface area contributed by atoms with Gasteiger partial charge in [-0.1, -0.05) is 12.1 Å². The van der Waals surface area contributed by atoms with E-state index in [2.05, 4.69) is 17.0 Å². The highest BCUT2D eigenvalue weighted by Crippen LogP contribution is 2.29. The minimum Gasteiger partial charge on any atom is -0.497 e. The molecule has 2 rings (SSSR count). The molecular weight excluding hydrogens is 286 g/mol. The van der Waals surface area contributed by atoms with Gasteiger partial charge in [0.2, 0.25) is 0 Å². The fourth-order valence-electron chi connectivity index (χ4n) is 2.94. The van der Waals surface area contributed by atoms with Crippen LogP contribution in [0.5, 0.6) is 5.75 Å². The molecule has 1 fully saturated rings. The largest absolute Gasteiger partial charge is 0.497 e. The smallest absolute Gasteiger partial charge is 0.147 e. The zero-order valence-electron chi connectivity index (χ0n) is 12.9. The minimum absolute atomic E-state index is 0.294. The van der Waals surface area contributed by atoms with Crippen molar-refractivity contribution in [1.82, 2.24) is 4.90 Å². The average Bonchev–Trinajstić information content (AvgIpc) is 2.47. The summed E-state index contributed by atoms with van der Waals surface area (Å²) in [4.78, 5) is 2.38. The maximum atomic E-state index is 11.1. The van der Waals surface area contributed by atoms with Crippen LogP contribution in [-0.2, 0) is 9.84 Å². The molecule has 1 aromatic rings. The van der Waals surface area contributed by atoms with Gasteiger partial charge in [-0.3, -0.25) is 0 Å². The van der Waals surface area contributed by atoms with Gasteiger partial charge in [0.15, 0.2) is 0 Å². The van der Waals surface area contributed by atoms with Crippen LogP contribution in [0.25, 0.3) is 0 Å². The Bertz CT molecular complexity index is 548. The number of methoxy groups -OCH3 is 1. The van der Waals surface area contributed by atoms with Gasteiger partial charge in [-0.15, -0.1) is 0 Å². The molecule has 0 saturated carbocycles. The Morgan fingerprint density at radius 1 is 1.29 bits per heavy atom. The normalized spacial score (nSPS) is 17.8. The monoisotopic (exact) mass is 311 g/mol. The molecule has 1 aromatic carbocycles. The van der Waals surface area contributed by atoms with Gasteiger partial charge in [-0.2, -0.15) is 0 Å². The maximum absolute atomic E-state index is 11.1. The number of benzene rings is 1. The van der Waals surface area contributed by atoms with Crippen LogP contribution in [0.1, 0.15) is 30.7 Å². The van der Waals surface area contributed by atoms with Crippen LogP contribution in [0, 0.1) is 0 Å². The second-order valence-corrected chi connectivity index (χ2v) is 8.14. The van der Waals surface area contributed by atoms with E-state index in [0.717, 1.165) is 44.6 Å². The number of piperidine rings is 1. The van der Waals surface area contributed by atoms with E-state index in [0.29, 0.717) is 11.7 Å². The molecule has 0 bridgehead atoms. The van der Waals surface area contributed by atoms with Crippen molar-refractivity contribution in [2.45, 2.75) is 25.2 Å². The van der Waals surface area contributed by atoms with E-state index in [9.17, 15) is 8.42 Å². The van der Waals surface area contributed by atoms with E-state index in [-0.39, 0.29) is 0 Å². The summed E-state index contributed by atoms with van der Waals surface area (Å²) in [5.74, 6) is 1.80. The van der Waals surface area contributed by atoms with Crippen LogP contribution in [0.3, 0.4) is 0 Å². The molecule has 0 atom stereocenters. The minimum atomic E-state index is -2.83. The first-order valence-corrected chi connectivity index (χ1v) is 9.58. The third-order valence-electron chi connectivity index (χ3n) is 4.14. The van der Waals surface area contributed by atoms with Gasteiger partial charge in [0.25, 0.3) is 0 Å². The van der Waals surface area contributed by atoms with E-state index in [1.807, 2.05) is 12.1 Å². The second-order valence-electron chi connectivity index (χ2n) is 5.88. The molecule has 0 amide bonds. The number of nitrogens with zero attached hydrogens (tertiary/aromatic N) is 1. The molecule has 0 radical (unpaired) electrons. The molecule has 5 heteroatoms. The molecule has 1 heterocycles. The lowest BCUT2D eigenvalue weighted by molar-refractivity contribution is 0.213. The Labute approximate surface area is 128 Å². The predicted molar refractivity (Wildman–Crippen MR) is 85.7 cm³/mol. The third kappa shape index (κ3) is 5.32. The fraction of sp³-hybridized carbons (Fsp3) is 0.625. The van der Waals surface area contributed by atoms with Gasteiger partial charge in [0.1, 0.15) is 15.6 Å². The lowest BCUT2D eigenvalue weighted by Crippen LogP contribution is -2.34. The first kappa shape index (κ1) is 16.3. The van der Waals surface area contributed by atoms with Crippen LogP contribution < -0.4 is 4.74 Å². The van der Waals surface area contributed by atoms with Crippen molar-refractivity contribution in [2.24, 2.45) is 0 Å². The van der Waals surface area contributed by atoms with E-state index in [1.165, 1.54) is 11.8 Å². The van der Waals surface area contributed by atoms with Crippen molar-refractivity contribution in [3.8, 4) is 5.75 Å². The molecule has 21 heavy (non-hydrogen) atoms. The summed E-state index contributed by atoms with van der Waals surface area (Å²) in [6, 6.07) is 8.33. The Hall–Kier alpha value is -1.07. The van der Waals surface area contributed by atoms with E-state index in [4.69, 9.17) is 4.74 Å². The Balaban J connectivity index is 1.80. The predicted octanol–water partition coefficient (Wildman–Crippen LogP) is 2.31. The highest BCUT2D eigenvalue weighted by atomic mass is 32.2. The number of rotatable bonds is 6. The fourth-order valence-corrected chi connectivity index (χ4v) is 3.59. The Morgan fingerprint density at radius 3 is 2.62 bits per heavy atom. The average molecular weight is 311 g/mol. The highest BCUT2D eigenvalue weighted by Gasteiger charge is 2.20.